The number of hydrogen-bond acceptors (Lipinski definition) is 6. The van der Waals surface area contributed by atoms with Crippen LogP contribution in [0, 0.1) is 5.92 Å². The minimum Gasteiger partial charge on any atom is -0.352 e. The maximum absolute atomic E-state index is 13.5. The van der Waals surface area contributed by atoms with Gasteiger partial charge in [0.1, 0.15) is 0 Å². The van der Waals surface area contributed by atoms with Crippen LogP contribution >= 0.6 is 0 Å². The zero-order chi connectivity index (χ0) is 27.4. The monoisotopic (exact) mass is 549 g/mol. The van der Waals surface area contributed by atoms with Crippen LogP contribution < -0.4 is 5.32 Å². The van der Waals surface area contributed by atoms with E-state index in [0.29, 0.717) is 53.8 Å². The number of pyridine rings is 2. The third-order valence-electron chi connectivity index (χ3n) is 8.21. The number of aromatic nitrogens is 2. The molecule has 0 bridgehead atoms. The lowest BCUT2D eigenvalue weighted by atomic mass is 10.0. The predicted octanol–water partition coefficient (Wildman–Crippen LogP) is 4.71. The number of rotatable bonds is 8. The van der Waals surface area contributed by atoms with Gasteiger partial charge in [0.15, 0.2) is 0 Å². The van der Waals surface area contributed by atoms with Crippen LogP contribution in [-0.4, -0.2) is 72.3 Å². The number of fused-ring (bicyclic) bond motifs is 1. The summed E-state index contributed by atoms with van der Waals surface area (Å²) in [6, 6.07) is 11.0. The summed E-state index contributed by atoms with van der Waals surface area (Å²) in [5.74, 6) is 0.303. The lowest BCUT2D eigenvalue weighted by Gasteiger charge is -2.33. The van der Waals surface area contributed by atoms with E-state index in [1.165, 1.54) is 19.3 Å². The molecule has 1 N–H and O–H groups in total. The molecule has 1 amide bonds. The van der Waals surface area contributed by atoms with Crippen molar-refractivity contribution < 1.29 is 13.2 Å². The Morgan fingerprint density at radius 2 is 1.87 bits per heavy atom. The fraction of sp³-hybridized carbons (Fsp3) is 0.500. The highest BCUT2D eigenvalue weighted by molar-refractivity contribution is 7.89. The van der Waals surface area contributed by atoms with Crippen molar-refractivity contribution in [3.8, 4) is 11.3 Å². The molecule has 208 valence electrons. The van der Waals surface area contributed by atoms with E-state index in [1.807, 2.05) is 12.1 Å². The summed E-state index contributed by atoms with van der Waals surface area (Å²) in [4.78, 5) is 25.2. The molecule has 1 aromatic carbocycles. The number of hydrogen-bond donors (Lipinski definition) is 1. The molecule has 2 fully saturated rings. The Balaban J connectivity index is 1.42. The van der Waals surface area contributed by atoms with E-state index in [4.69, 9.17) is 4.98 Å². The Morgan fingerprint density at radius 1 is 1.05 bits per heavy atom. The van der Waals surface area contributed by atoms with Gasteiger partial charge in [-0.2, -0.15) is 4.31 Å². The van der Waals surface area contributed by atoms with Crippen molar-refractivity contribution in [2.24, 2.45) is 5.92 Å². The van der Waals surface area contributed by atoms with Crippen LogP contribution in [0.2, 0.25) is 0 Å². The molecule has 2 aliphatic rings. The summed E-state index contributed by atoms with van der Waals surface area (Å²) in [6.07, 6.45) is 9.73. The van der Waals surface area contributed by atoms with Gasteiger partial charge in [-0.05, 0) is 87.9 Å². The summed E-state index contributed by atoms with van der Waals surface area (Å²) in [6.45, 7) is 8.09. The van der Waals surface area contributed by atoms with Crippen LogP contribution in [0.15, 0.2) is 53.7 Å². The van der Waals surface area contributed by atoms with Crippen LogP contribution in [-0.2, 0) is 10.0 Å². The average Bonchev–Trinajstić information content (AvgIpc) is 2.96. The Hall–Kier alpha value is -2.88. The van der Waals surface area contributed by atoms with Crippen LogP contribution in [0.1, 0.15) is 62.7 Å². The third kappa shape index (κ3) is 6.31. The summed E-state index contributed by atoms with van der Waals surface area (Å²) < 4.78 is 28.5. The average molecular weight is 550 g/mol. The van der Waals surface area contributed by atoms with E-state index in [2.05, 4.69) is 29.0 Å². The second-order valence-electron chi connectivity index (χ2n) is 11.1. The number of amides is 1. The summed E-state index contributed by atoms with van der Waals surface area (Å²) in [5.41, 5.74) is 2.43. The maximum Gasteiger partial charge on any atom is 0.252 e. The normalized spacial score (nSPS) is 19.8. The molecule has 2 aromatic heterocycles. The highest BCUT2D eigenvalue weighted by Crippen LogP contribution is 2.29. The highest BCUT2D eigenvalue weighted by atomic mass is 32.2. The van der Waals surface area contributed by atoms with Crippen molar-refractivity contribution in [2.75, 3.05) is 32.7 Å². The number of likely N-dealkylation sites (tertiary alicyclic amines) is 1. The first-order valence-electron chi connectivity index (χ1n) is 14.2. The molecule has 39 heavy (non-hydrogen) atoms. The van der Waals surface area contributed by atoms with Gasteiger partial charge in [-0.3, -0.25) is 9.78 Å². The highest BCUT2D eigenvalue weighted by Gasteiger charge is 2.29. The molecule has 5 rings (SSSR count). The molecule has 2 aliphatic heterocycles. The van der Waals surface area contributed by atoms with Gasteiger partial charge in [-0.15, -0.1) is 0 Å². The van der Waals surface area contributed by atoms with Gasteiger partial charge in [0.05, 0.1) is 21.7 Å². The number of sulfonamides is 1. The topological polar surface area (TPSA) is 95.5 Å². The number of benzene rings is 1. The Labute approximate surface area is 231 Å². The Morgan fingerprint density at radius 3 is 2.62 bits per heavy atom. The zero-order valence-electron chi connectivity index (χ0n) is 23.0. The van der Waals surface area contributed by atoms with Crippen LogP contribution in [0.5, 0.6) is 0 Å². The fourth-order valence-electron chi connectivity index (χ4n) is 5.66. The summed E-state index contributed by atoms with van der Waals surface area (Å²) in [5, 5.41) is 3.62. The van der Waals surface area contributed by atoms with E-state index < -0.39 is 10.0 Å². The van der Waals surface area contributed by atoms with Crippen LogP contribution in [0.3, 0.4) is 0 Å². The Bertz CT molecular complexity index is 1400. The lowest BCUT2D eigenvalue weighted by Crippen LogP contribution is -2.39. The molecular weight excluding hydrogens is 510 g/mol. The van der Waals surface area contributed by atoms with E-state index in [9.17, 15) is 13.2 Å². The molecule has 3 aromatic rings. The molecule has 2 saturated heterocycles. The van der Waals surface area contributed by atoms with Crippen LogP contribution in [0.25, 0.3) is 22.2 Å². The third-order valence-corrected chi connectivity index (χ3v) is 10.1. The Kier molecular flexibility index (Phi) is 8.59. The van der Waals surface area contributed by atoms with Crippen molar-refractivity contribution in [2.45, 2.75) is 63.3 Å². The second kappa shape index (κ2) is 12.1. The minimum absolute atomic E-state index is 0.202. The second-order valence-corrected chi connectivity index (χ2v) is 13.0. The molecule has 9 heteroatoms. The van der Waals surface area contributed by atoms with Gasteiger partial charge in [-0.1, -0.05) is 13.3 Å². The molecule has 0 saturated carbocycles. The van der Waals surface area contributed by atoms with E-state index in [-0.39, 0.29) is 10.8 Å². The summed E-state index contributed by atoms with van der Waals surface area (Å²) >= 11 is 0. The van der Waals surface area contributed by atoms with E-state index >= 15 is 0 Å². The molecule has 0 radical (unpaired) electrons. The molecule has 1 atom stereocenters. The van der Waals surface area contributed by atoms with Gasteiger partial charge in [0, 0.05) is 55.6 Å². The van der Waals surface area contributed by atoms with Gasteiger partial charge in [-0.25, -0.2) is 13.4 Å². The molecule has 8 nitrogen and oxygen atoms in total. The maximum atomic E-state index is 13.5. The summed E-state index contributed by atoms with van der Waals surface area (Å²) in [7, 11) is -3.66. The first-order chi connectivity index (χ1) is 18.8. The first kappa shape index (κ1) is 27.7. The predicted molar refractivity (Wildman–Crippen MR) is 154 cm³/mol. The number of nitrogens with zero attached hydrogens (tertiary/aromatic N) is 4. The van der Waals surface area contributed by atoms with Gasteiger partial charge < -0.3 is 10.2 Å². The van der Waals surface area contributed by atoms with Crippen molar-refractivity contribution in [1.29, 1.82) is 0 Å². The molecule has 0 unspecified atom stereocenters. The number of piperidine rings is 2. The van der Waals surface area contributed by atoms with Gasteiger partial charge in [0.25, 0.3) is 5.91 Å². The van der Waals surface area contributed by atoms with Crippen molar-refractivity contribution in [3.05, 3.63) is 54.4 Å². The minimum atomic E-state index is -3.66. The molecule has 0 aliphatic carbocycles. The number of carbonyl (C=O) groups excluding carboxylic acids is 1. The number of carbonyl (C=O) groups is 1. The zero-order valence-corrected chi connectivity index (χ0v) is 23.8. The van der Waals surface area contributed by atoms with Crippen LogP contribution in [0.4, 0.5) is 0 Å². The number of nitrogens with one attached hydrogen (secondary N) is 1. The van der Waals surface area contributed by atoms with Crippen molar-refractivity contribution in [3.63, 3.8) is 0 Å². The quantitative estimate of drug-likeness (QED) is 0.409. The standard InChI is InChI=1S/C30H39N5O3S/c1-22-11-17-35(18-12-22)39(37,38)25-9-10-28-26(19-25)27(20-29(33-28)24-8-5-13-31-21-24)30(36)32-14-6-16-34-15-4-3-7-23(34)2/h5,8-10,13,19-23H,3-4,6-7,11-12,14-18H2,1-2H3,(H,32,36)/t23-/m0/s1. The van der Waals surface area contributed by atoms with Crippen molar-refractivity contribution >= 4 is 26.8 Å². The van der Waals surface area contributed by atoms with Gasteiger partial charge >= 0.3 is 0 Å². The SMILES string of the molecule is CC1CCN(S(=O)(=O)c2ccc3nc(-c4cccnc4)cc(C(=O)NCCCN4CCCC[C@@H]4C)c3c2)CC1. The molecule has 0 spiro atoms. The first-order valence-corrected chi connectivity index (χ1v) is 15.6. The fourth-order valence-corrected chi connectivity index (χ4v) is 7.16. The largest absolute Gasteiger partial charge is 0.352 e. The van der Waals surface area contributed by atoms with E-state index in [0.717, 1.165) is 37.9 Å². The molecule has 4 heterocycles. The smallest absolute Gasteiger partial charge is 0.252 e. The van der Waals surface area contributed by atoms with Crippen molar-refractivity contribution in [1.82, 2.24) is 24.5 Å². The van der Waals surface area contributed by atoms with E-state index in [1.54, 1.807) is 41.0 Å². The lowest BCUT2D eigenvalue weighted by molar-refractivity contribution is 0.0950. The van der Waals surface area contributed by atoms with Gasteiger partial charge in [0.2, 0.25) is 10.0 Å². The molecular formula is C30H39N5O3S.